The van der Waals surface area contributed by atoms with Crippen LogP contribution in [0, 0.1) is 3.95 Å². The van der Waals surface area contributed by atoms with E-state index >= 15 is 0 Å². The quantitative estimate of drug-likeness (QED) is 0.619. The van der Waals surface area contributed by atoms with Crippen molar-refractivity contribution in [2.24, 2.45) is 0 Å². The molecule has 0 aliphatic carbocycles. The Bertz CT molecular complexity index is 281. The SMILES string of the molecule is CNc1nc(N)sc(=S)n1. The van der Waals surface area contributed by atoms with Crippen molar-refractivity contribution in [2.45, 2.75) is 0 Å². The zero-order valence-corrected chi connectivity index (χ0v) is 6.92. The maximum atomic E-state index is 5.40. The van der Waals surface area contributed by atoms with Gasteiger partial charge in [0.15, 0.2) is 9.09 Å². The molecule has 1 aromatic rings. The second-order valence-corrected chi connectivity index (χ2v) is 3.16. The minimum Gasteiger partial charge on any atom is -0.375 e. The van der Waals surface area contributed by atoms with Crippen LogP contribution in [0.5, 0.6) is 0 Å². The van der Waals surface area contributed by atoms with E-state index in [1.54, 1.807) is 7.05 Å². The van der Waals surface area contributed by atoms with Crippen molar-refractivity contribution in [1.82, 2.24) is 9.97 Å². The number of hydrogen-bond donors (Lipinski definition) is 2. The van der Waals surface area contributed by atoms with Gasteiger partial charge in [-0.25, -0.2) is 0 Å². The Kier molecular flexibility index (Phi) is 2.13. The highest BCUT2D eigenvalue weighted by Gasteiger charge is 1.93. The summed E-state index contributed by atoms with van der Waals surface area (Å²) in [5, 5.41) is 3.18. The van der Waals surface area contributed by atoms with Gasteiger partial charge < -0.3 is 11.1 Å². The number of rotatable bonds is 1. The molecule has 54 valence electrons. The van der Waals surface area contributed by atoms with Gasteiger partial charge in [0, 0.05) is 7.05 Å². The van der Waals surface area contributed by atoms with Crippen LogP contribution < -0.4 is 11.1 Å². The highest BCUT2D eigenvalue weighted by atomic mass is 32.1. The molecule has 3 N–H and O–H groups in total. The van der Waals surface area contributed by atoms with Gasteiger partial charge >= 0.3 is 0 Å². The maximum absolute atomic E-state index is 5.40. The molecule has 0 fully saturated rings. The average molecular weight is 174 g/mol. The first-order chi connectivity index (χ1) is 4.72. The van der Waals surface area contributed by atoms with Crippen LogP contribution in [0.15, 0.2) is 0 Å². The summed E-state index contributed by atoms with van der Waals surface area (Å²) in [6.45, 7) is 0. The van der Waals surface area contributed by atoms with Gasteiger partial charge in [0.25, 0.3) is 0 Å². The monoisotopic (exact) mass is 174 g/mol. The molecule has 0 aromatic carbocycles. The van der Waals surface area contributed by atoms with Gasteiger partial charge in [0.05, 0.1) is 0 Å². The van der Waals surface area contributed by atoms with E-state index in [2.05, 4.69) is 15.3 Å². The minimum atomic E-state index is 0.435. The first-order valence-electron chi connectivity index (χ1n) is 2.55. The Morgan fingerprint density at radius 1 is 1.60 bits per heavy atom. The molecule has 0 atom stereocenters. The molecule has 0 spiro atoms. The van der Waals surface area contributed by atoms with E-state index in [1.165, 1.54) is 11.3 Å². The molecule has 6 heteroatoms. The van der Waals surface area contributed by atoms with E-state index in [4.69, 9.17) is 18.0 Å². The van der Waals surface area contributed by atoms with Crippen molar-refractivity contribution in [1.29, 1.82) is 0 Å². The lowest BCUT2D eigenvalue weighted by atomic mass is 10.9. The van der Waals surface area contributed by atoms with Crippen molar-refractivity contribution in [3.05, 3.63) is 3.95 Å². The lowest BCUT2D eigenvalue weighted by molar-refractivity contribution is 1.19. The van der Waals surface area contributed by atoms with Crippen molar-refractivity contribution in [2.75, 3.05) is 18.1 Å². The van der Waals surface area contributed by atoms with E-state index < -0.39 is 0 Å². The first kappa shape index (κ1) is 7.36. The van der Waals surface area contributed by atoms with Crippen LogP contribution >= 0.6 is 23.6 Å². The molecule has 0 saturated carbocycles. The largest absolute Gasteiger partial charge is 0.375 e. The van der Waals surface area contributed by atoms with Crippen LogP contribution in [0.4, 0.5) is 11.1 Å². The molecule has 4 nitrogen and oxygen atoms in total. The summed E-state index contributed by atoms with van der Waals surface area (Å²) in [5.74, 6) is 0.473. The molecule has 1 aromatic heterocycles. The van der Waals surface area contributed by atoms with Gasteiger partial charge in [-0.2, -0.15) is 9.97 Å². The van der Waals surface area contributed by atoms with Gasteiger partial charge in [0.1, 0.15) is 0 Å². The Balaban J connectivity index is 3.19. The second kappa shape index (κ2) is 2.89. The fourth-order valence-electron chi connectivity index (χ4n) is 0.463. The predicted molar refractivity (Wildman–Crippen MR) is 44.7 cm³/mol. The summed E-state index contributed by atoms with van der Waals surface area (Å²) in [5.41, 5.74) is 5.40. The average Bonchev–Trinajstić information content (AvgIpc) is 1.85. The van der Waals surface area contributed by atoms with Gasteiger partial charge in [-0.05, 0) is 12.2 Å². The molecule has 0 bridgehead atoms. The molecule has 0 radical (unpaired) electrons. The number of nitrogen functional groups attached to an aromatic ring is 1. The molecule has 0 amide bonds. The van der Waals surface area contributed by atoms with E-state index in [0.29, 0.717) is 15.0 Å². The molecule has 10 heavy (non-hydrogen) atoms. The van der Waals surface area contributed by atoms with Crippen LogP contribution in [0.2, 0.25) is 0 Å². The first-order valence-corrected chi connectivity index (χ1v) is 3.77. The Labute approximate surface area is 67.1 Å². The Hall–Kier alpha value is -0.750. The van der Waals surface area contributed by atoms with Crippen LogP contribution in [0.25, 0.3) is 0 Å². The molecule has 1 heterocycles. The van der Waals surface area contributed by atoms with Crippen LogP contribution in [-0.4, -0.2) is 17.0 Å². The zero-order valence-electron chi connectivity index (χ0n) is 5.29. The number of nitrogens with one attached hydrogen (secondary N) is 1. The third kappa shape index (κ3) is 1.61. The predicted octanol–water partition coefficient (Wildman–Crippen LogP) is 0.891. The third-order valence-electron chi connectivity index (χ3n) is 0.829. The van der Waals surface area contributed by atoms with Crippen molar-refractivity contribution in [3.63, 3.8) is 0 Å². The number of nitrogens with zero attached hydrogens (tertiary/aromatic N) is 2. The Morgan fingerprint density at radius 3 is 2.80 bits per heavy atom. The maximum Gasteiger partial charge on any atom is 0.227 e. The molecule has 0 saturated heterocycles. The summed E-state index contributed by atoms with van der Waals surface area (Å²) in [4.78, 5) is 7.74. The molecule has 1 rings (SSSR count). The van der Waals surface area contributed by atoms with Gasteiger partial charge in [-0.3, -0.25) is 0 Å². The number of hydrogen-bond acceptors (Lipinski definition) is 6. The number of nitrogens with two attached hydrogens (primary N) is 1. The topological polar surface area (TPSA) is 63.8 Å². The highest BCUT2D eigenvalue weighted by Crippen LogP contribution is 2.09. The summed E-state index contributed by atoms with van der Waals surface area (Å²) >= 11 is 5.99. The molecular formula is C4H6N4S2. The van der Waals surface area contributed by atoms with Crippen LogP contribution in [0.1, 0.15) is 0 Å². The van der Waals surface area contributed by atoms with E-state index in [1.807, 2.05) is 0 Å². The van der Waals surface area contributed by atoms with Crippen LogP contribution in [-0.2, 0) is 0 Å². The molecular weight excluding hydrogens is 168 g/mol. The summed E-state index contributed by atoms with van der Waals surface area (Å²) in [6, 6.07) is 0. The lowest BCUT2D eigenvalue weighted by Gasteiger charge is -1.95. The smallest absolute Gasteiger partial charge is 0.227 e. The summed E-state index contributed by atoms with van der Waals surface area (Å²) < 4.78 is 0.497. The van der Waals surface area contributed by atoms with Gasteiger partial charge in [0.2, 0.25) is 5.95 Å². The minimum absolute atomic E-state index is 0.435. The molecule has 0 aliphatic heterocycles. The number of aromatic nitrogens is 2. The second-order valence-electron chi connectivity index (χ2n) is 1.50. The van der Waals surface area contributed by atoms with E-state index in [9.17, 15) is 0 Å². The van der Waals surface area contributed by atoms with Gasteiger partial charge in [-0.15, -0.1) is 0 Å². The highest BCUT2D eigenvalue weighted by molar-refractivity contribution is 7.73. The number of anilines is 2. The van der Waals surface area contributed by atoms with Crippen molar-refractivity contribution < 1.29 is 0 Å². The summed E-state index contributed by atoms with van der Waals surface area (Å²) in [7, 11) is 1.72. The molecule has 0 unspecified atom stereocenters. The Morgan fingerprint density at radius 2 is 2.30 bits per heavy atom. The fourth-order valence-corrected chi connectivity index (χ4v) is 1.25. The van der Waals surface area contributed by atoms with E-state index in [-0.39, 0.29) is 0 Å². The lowest BCUT2D eigenvalue weighted by Crippen LogP contribution is -1.97. The van der Waals surface area contributed by atoms with Crippen molar-refractivity contribution >= 4 is 34.6 Å². The standard InChI is InChI=1S/C4H6N4S2/c1-6-3-7-2(5)10-4(9)8-3/h1H3,(H3,5,6,7,8,9). The zero-order chi connectivity index (χ0) is 7.56. The van der Waals surface area contributed by atoms with Crippen molar-refractivity contribution in [3.8, 4) is 0 Å². The van der Waals surface area contributed by atoms with Gasteiger partial charge in [-0.1, -0.05) is 11.3 Å². The normalized spacial score (nSPS) is 9.30. The third-order valence-corrected chi connectivity index (χ3v) is 1.74. The van der Waals surface area contributed by atoms with E-state index in [0.717, 1.165) is 0 Å². The van der Waals surface area contributed by atoms with Crippen LogP contribution in [0.3, 0.4) is 0 Å². The molecule has 0 aliphatic rings. The summed E-state index contributed by atoms with van der Waals surface area (Å²) in [6.07, 6.45) is 0. The fraction of sp³-hybridized carbons (Fsp3) is 0.250.